The molecule has 1 rings (SSSR count). The van der Waals surface area contributed by atoms with Crippen LogP contribution in [0.5, 0.6) is 0 Å². The Morgan fingerprint density at radius 3 is 2.35 bits per heavy atom. The molecule has 0 radical (unpaired) electrons. The second kappa shape index (κ2) is 4.45. The average Bonchev–Trinajstić information content (AvgIpc) is 2.15. The largest absolute Gasteiger partial charge is 0.375 e. The van der Waals surface area contributed by atoms with Crippen LogP contribution in [0.25, 0.3) is 0 Å². The van der Waals surface area contributed by atoms with Gasteiger partial charge in [0.05, 0.1) is 0 Å². The van der Waals surface area contributed by atoms with Crippen LogP contribution >= 0.6 is 7.60 Å². The molecule has 10 heteroatoms. The van der Waals surface area contributed by atoms with Gasteiger partial charge in [0.25, 0.3) is 4.67 Å². The van der Waals surface area contributed by atoms with Crippen LogP contribution in [0.3, 0.4) is 0 Å². The molecule has 96 valence electrons. The second-order valence-corrected chi connectivity index (χ2v) is 7.06. The molecule has 0 aliphatic heterocycles. The van der Waals surface area contributed by atoms with Crippen molar-refractivity contribution in [2.24, 2.45) is 0 Å². The maximum atomic E-state index is 11.0. The minimum absolute atomic E-state index is 0.0518. The Bertz CT molecular complexity index is 539. The minimum atomic E-state index is -5.48. The SMILES string of the molecule is O=P(O)(O)C(O)(Cc1cccnc1)S(=O)(=O)O. The molecule has 0 aliphatic rings. The van der Waals surface area contributed by atoms with Crippen molar-refractivity contribution in [3.8, 4) is 0 Å². The molecule has 17 heavy (non-hydrogen) atoms. The first-order chi connectivity index (χ1) is 7.58. The predicted molar refractivity (Wildman–Crippen MR) is 56.5 cm³/mol. The van der Waals surface area contributed by atoms with E-state index in [0.29, 0.717) is 0 Å². The van der Waals surface area contributed by atoms with Crippen LogP contribution in [-0.2, 0) is 21.1 Å². The van der Waals surface area contributed by atoms with Crippen molar-refractivity contribution in [2.75, 3.05) is 0 Å². The zero-order valence-corrected chi connectivity index (χ0v) is 10.0. The molecule has 0 saturated heterocycles. The van der Waals surface area contributed by atoms with E-state index in [1.807, 2.05) is 0 Å². The summed E-state index contributed by atoms with van der Waals surface area (Å²) in [7, 11) is -10.8. The van der Waals surface area contributed by atoms with Crippen molar-refractivity contribution in [1.29, 1.82) is 0 Å². The Morgan fingerprint density at radius 1 is 1.41 bits per heavy atom. The molecule has 8 nitrogen and oxygen atoms in total. The summed E-state index contributed by atoms with van der Waals surface area (Å²) in [5.41, 5.74) is 0.0518. The van der Waals surface area contributed by atoms with E-state index >= 15 is 0 Å². The highest BCUT2D eigenvalue weighted by atomic mass is 32.2. The van der Waals surface area contributed by atoms with Crippen molar-refractivity contribution in [3.63, 3.8) is 0 Å². The maximum Gasteiger partial charge on any atom is 0.375 e. The van der Waals surface area contributed by atoms with Gasteiger partial charge in [-0.25, -0.2) is 0 Å². The van der Waals surface area contributed by atoms with E-state index in [1.54, 1.807) is 0 Å². The van der Waals surface area contributed by atoms with E-state index in [2.05, 4.69) is 4.98 Å². The summed E-state index contributed by atoms with van der Waals surface area (Å²) in [6, 6.07) is 2.69. The normalized spacial score (nSPS) is 16.5. The van der Waals surface area contributed by atoms with Crippen LogP contribution in [-0.4, -0.2) is 37.5 Å². The second-order valence-electron chi connectivity index (χ2n) is 3.30. The van der Waals surface area contributed by atoms with E-state index in [-0.39, 0.29) is 5.56 Å². The molecule has 0 aromatic carbocycles. The molecule has 0 bridgehead atoms. The minimum Gasteiger partial charge on any atom is -0.363 e. The number of hydrogen-bond donors (Lipinski definition) is 4. The summed E-state index contributed by atoms with van der Waals surface area (Å²) in [6.45, 7) is 0. The van der Waals surface area contributed by atoms with Crippen LogP contribution < -0.4 is 0 Å². The number of hydrogen-bond acceptors (Lipinski definition) is 5. The Hall–Kier alpha value is -0.830. The quantitative estimate of drug-likeness (QED) is 0.420. The molecule has 1 aromatic rings. The van der Waals surface area contributed by atoms with Gasteiger partial charge in [0.15, 0.2) is 0 Å². The first-order valence-corrected chi connectivity index (χ1v) is 7.27. The third-order valence-electron chi connectivity index (χ3n) is 2.03. The van der Waals surface area contributed by atoms with Gasteiger partial charge in [-0.05, 0) is 11.6 Å². The van der Waals surface area contributed by atoms with Crippen molar-refractivity contribution < 1.29 is 32.4 Å². The number of aromatic nitrogens is 1. The van der Waals surface area contributed by atoms with Crippen molar-refractivity contribution in [3.05, 3.63) is 30.1 Å². The molecule has 0 amide bonds. The zero-order valence-electron chi connectivity index (χ0n) is 8.33. The van der Waals surface area contributed by atoms with Crippen LogP contribution in [0.15, 0.2) is 24.5 Å². The fourth-order valence-electron chi connectivity index (χ4n) is 1.11. The van der Waals surface area contributed by atoms with Gasteiger partial charge >= 0.3 is 17.7 Å². The van der Waals surface area contributed by atoms with Crippen molar-refractivity contribution in [1.82, 2.24) is 4.98 Å². The summed E-state index contributed by atoms with van der Waals surface area (Å²) in [5.74, 6) is 0. The van der Waals surface area contributed by atoms with Gasteiger partial charge in [0, 0.05) is 18.8 Å². The molecule has 4 N–H and O–H groups in total. The van der Waals surface area contributed by atoms with Gasteiger partial charge in [-0.15, -0.1) is 0 Å². The van der Waals surface area contributed by atoms with E-state index in [1.165, 1.54) is 18.3 Å². The van der Waals surface area contributed by atoms with E-state index < -0.39 is 28.8 Å². The van der Waals surface area contributed by atoms with E-state index in [0.717, 1.165) is 6.20 Å². The molecule has 1 heterocycles. The van der Waals surface area contributed by atoms with Gasteiger partial charge in [-0.1, -0.05) is 6.07 Å². The third kappa shape index (κ3) is 2.89. The summed E-state index contributed by atoms with van der Waals surface area (Å²) in [6.07, 6.45) is 1.50. The molecule has 0 aliphatic carbocycles. The lowest BCUT2D eigenvalue weighted by Crippen LogP contribution is -2.40. The molecule has 0 fully saturated rings. The van der Waals surface area contributed by atoms with Gasteiger partial charge in [0.1, 0.15) is 0 Å². The third-order valence-corrected chi connectivity index (χ3v) is 5.47. The lowest BCUT2D eigenvalue weighted by Gasteiger charge is -2.25. The topological polar surface area (TPSA) is 145 Å². The predicted octanol–water partition coefficient (Wildman–Crippen LogP) is -0.664. The summed E-state index contributed by atoms with van der Waals surface area (Å²) in [5, 5.41) is 9.51. The fourth-order valence-corrected chi connectivity index (χ4v) is 3.05. The molecule has 1 atom stereocenters. The highest BCUT2D eigenvalue weighted by molar-refractivity contribution is 7.94. The van der Waals surface area contributed by atoms with Crippen LogP contribution in [0, 0.1) is 0 Å². The molecule has 1 aromatic heterocycles. The Balaban J connectivity index is 3.25. The van der Waals surface area contributed by atoms with Gasteiger partial charge in [-0.2, -0.15) is 8.42 Å². The molecule has 0 saturated carbocycles. The van der Waals surface area contributed by atoms with Crippen LogP contribution in [0.2, 0.25) is 0 Å². The first kappa shape index (κ1) is 14.2. The van der Waals surface area contributed by atoms with Crippen LogP contribution in [0.1, 0.15) is 5.56 Å². The number of pyridine rings is 1. The summed E-state index contributed by atoms with van der Waals surface area (Å²) in [4.78, 5) is 21.3. The average molecular weight is 283 g/mol. The van der Waals surface area contributed by atoms with Crippen molar-refractivity contribution in [2.45, 2.75) is 11.1 Å². The maximum absolute atomic E-state index is 11.0. The van der Waals surface area contributed by atoms with Crippen molar-refractivity contribution >= 4 is 17.7 Å². The Labute approximate surface area is 96.9 Å². The molecular weight excluding hydrogens is 273 g/mol. The molecule has 0 spiro atoms. The number of rotatable bonds is 4. The zero-order chi connectivity index (χ0) is 13.3. The first-order valence-electron chi connectivity index (χ1n) is 4.22. The Kier molecular flexibility index (Phi) is 3.72. The smallest absolute Gasteiger partial charge is 0.363 e. The molecule has 1 unspecified atom stereocenters. The monoisotopic (exact) mass is 283 g/mol. The lowest BCUT2D eigenvalue weighted by molar-refractivity contribution is 0.152. The van der Waals surface area contributed by atoms with E-state index in [4.69, 9.17) is 14.3 Å². The van der Waals surface area contributed by atoms with Crippen LogP contribution in [0.4, 0.5) is 0 Å². The lowest BCUT2D eigenvalue weighted by atomic mass is 10.2. The highest BCUT2D eigenvalue weighted by Gasteiger charge is 2.56. The van der Waals surface area contributed by atoms with Gasteiger partial charge < -0.3 is 14.9 Å². The van der Waals surface area contributed by atoms with Gasteiger partial charge in [-0.3, -0.25) is 14.1 Å². The highest BCUT2D eigenvalue weighted by Crippen LogP contribution is 2.53. The summed E-state index contributed by atoms with van der Waals surface area (Å²) >= 11 is 0. The summed E-state index contributed by atoms with van der Waals surface area (Å²) < 4.78 is 38.0. The standard InChI is InChI=1S/C7H10NO7PS/c9-7(16(10,11)12,17(13,14)15)4-6-2-1-3-8-5-6/h1-3,5,9H,4H2,(H2,10,11,12)(H,13,14,15). The number of aliphatic hydroxyl groups is 1. The fraction of sp³-hybridized carbons (Fsp3) is 0.286. The Morgan fingerprint density at radius 2 is 2.00 bits per heavy atom. The number of nitrogens with zero attached hydrogens (tertiary/aromatic N) is 1. The van der Waals surface area contributed by atoms with Gasteiger partial charge in [0.2, 0.25) is 0 Å². The molecular formula is C7H10NO7PS. The van der Waals surface area contributed by atoms with E-state index in [9.17, 15) is 18.1 Å².